The summed E-state index contributed by atoms with van der Waals surface area (Å²) in [5.74, 6) is -2.64. The number of hydrogen-bond donors (Lipinski definition) is 0. The highest BCUT2D eigenvalue weighted by Crippen LogP contribution is 2.48. The van der Waals surface area contributed by atoms with Crippen molar-refractivity contribution in [3.8, 4) is 5.75 Å². The lowest BCUT2D eigenvalue weighted by Crippen LogP contribution is -2.06. The lowest BCUT2D eigenvalue weighted by atomic mass is 10.4. The monoisotopic (exact) mass is 263 g/mol. The maximum Gasteiger partial charge on any atom is 0.255 e. The third kappa shape index (κ3) is 2.03. The average molecular weight is 264 g/mol. The van der Waals surface area contributed by atoms with Gasteiger partial charge in [0.15, 0.2) is 5.75 Å². The number of aromatic nitrogens is 1. The molecular weight excluding hydrogens is 256 g/mol. The Labute approximate surface area is 88.4 Å². The summed E-state index contributed by atoms with van der Waals surface area (Å²) in [7, 11) is 0. The molecule has 0 aromatic carbocycles. The van der Waals surface area contributed by atoms with Gasteiger partial charge in [0.2, 0.25) is 0 Å². The Morgan fingerprint density at radius 1 is 1.64 bits per heavy atom. The first-order valence-electron chi connectivity index (χ1n) is 4.20. The Morgan fingerprint density at radius 2 is 2.36 bits per heavy atom. The van der Waals surface area contributed by atoms with Gasteiger partial charge in [0, 0.05) is 12.6 Å². The zero-order valence-corrected chi connectivity index (χ0v) is 8.80. The summed E-state index contributed by atoms with van der Waals surface area (Å²) in [4.78, 5) is 3.84. The van der Waals surface area contributed by atoms with Crippen molar-refractivity contribution in [2.45, 2.75) is 12.3 Å². The van der Waals surface area contributed by atoms with Gasteiger partial charge in [0.25, 0.3) is 5.92 Å². The Kier molecular flexibility index (Phi) is 2.43. The van der Waals surface area contributed by atoms with Crippen molar-refractivity contribution in [1.29, 1.82) is 0 Å². The molecule has 1 unspecified atom stereocenters. The lowest BCUT2D eigenvalue weighted by Gasteiger charge is -2.06. The molecule has 1 fully saturated rings. The smallest absolute Gasteiger partial charge is 0.255 e. The summed E-state index contributed by atoms with van der Waals surface area (Å²) in [6.07, 6.45) is 3.04. The summed E-state index contributed by atoms with van der Waals surface area (Å²) in [6, 6.07) is 1.71. The number of nitrogens with zero attached hydrogens (tertiary/aromatic N) is 1. The van der Waals surface area contributed by atoms with Crippen molar-refractivity contribution < 1.29 is 13.5 Å². The molecular formula is C9H8BrF2NO. The van der Waals surface area contributed by atoms with Crippen LogP contribution in [0.3, 0.4) is 0 Å². The largest absolute Gasteiger partial charge is 0.490 e. The van der Waals surface area contributed by atoms with E-state index in [-0.39, 0.29) is 13.0 Å². The molecule has 0 N–H and O–H groups in total. The highest BCUT2D eigenvalue weighted by molar-refractivity contribution is 9.10. The van der Waals surface area contributed by atoms with E-state index in [1.807, 2.05) is 0 Å². The second-order valence-corrected chi connectivity index (χ2v) is 4.13. The van der Waals surface area contributed by atoms with Crippen LogP contribution in [0.4, 0.5) is 8.78 Å². The lowest BCUT2D eigenvalue weighted by molar-refractivity contribution is 0.0854. The van der Waals surface area contributed by atoms with Gasteiger partial charge in [-0.05, 0) is 22.0 Å². The summed E-state index contributed by atoms with van der Waals surface area (Å²) in [5.41, 5.74) is 0. The van der Waals surface area contributed by atoms with Gasteiger partial charge in [-0.2, -0.15) is 0 Å². The van der Waals surface area contributed by atoms with Crippen molar-refractivity contribution in [1.82, 2.24) is 4.98 Å². The Bertz CT molecular complexity index is 345. The SMILES string of the molecule is FC1(F)CC1COc1cnccc1Br. The van der Waals surface area contributed by atoms with Gasteiger partial charge < -0.3 is 4.74 Å². The van der Waals surface area contributed by atoms with E-state index in [0.717, 1.165) is 4.47 Å². The molecule has 2 nitrogen and oxygen atoms in total. The fraction of sp³-hybridized carbons (Fsp3) is 0.444. The minimum Gasteiger partial charge on any atom is -0.490 e. The highest BCUT2D eigenvalue weighted by atomic mass is 79.9. The minimum atomic E-state index is -2.52. The average Bonchev–Trinajstić information content (AvgIpc) is 2.73. The molecule has 1 aliphatic rings. The molecule has 1 aliphatic carbocycles. The van der Waals surface area contributed by atoms with Crippen molar-refractivity contribution in [2.24, 2.45) is 5.92 Å². The highest BCUT2D eigenvalue weighted by Gasteiger charge is 2.57. The molecule has 1 aromatic heterocycles. The first-order valence-corrected chi connectivity index (χ1v) is 4.99. The van der Waals surface area contributed by atoms with Gasteiger partial charge >= 0.3 is 0 Å². The minimum absolute atomic E-state index is 0.0529. The van der Waals surface area contributed by atoms with Crippen LogP contribution in [0.5, 0.6) is 5.75 Å². The Balaban J connectivity index is 1.90. The number of pyridine rings is 1. The maximum atomic E-state index is 12.5. The summed E-state index contributed by atoms with van der Waals surface area (Å²) < 4.78 is 30.9. The molecule has 1 aromatic rings. The van der Waals surface area contributed by atoms with Crippen molar-refractivity contribution >= 4 is 15.9 Å². The molecule has 5 heteroatoms. The van der Waals surface area contributed by atoms with Crippen LogP contribution in [-0.4, -0.2) is 17.5 Å². The predicted molar refractivity (Wildman–Crippen MR) is 50.5 cm³/mol. The number of hydrogen-bond acceptors (Lipinski definition) is 2. The zero-order chi connectivity index (χ0) is 10.2. The van der Waals surface area contributed by atoms with Gasteiger partial charge in [-0.15, -0.1) is 0 Å². The Morgan fingerprint density at radius 3 is 2.93 bits per heavy atom. The number of rotatable bonds is 3. The maximum absolute atomic E-state index is 12.5. The van der Waals surface area contributed by atoms with Crippen LogP contribution in [-0.2, 0) is 0 Å². The predicted octanol–water partition coefficient (Wildman–Crippen LogP) is 2.88. The number of alkyl halides is 2. The van der Waals surface area contributed by atoms with E-state index in [9.17, 15) is 8.78 Å². The van der Waals surface area contributed by atoms with Gasteiger partial charge in [-0.1, -0.05) is 0 Å². The molecule has 0 spiro atoms. The second-order valence-electron chi connectivity index (χ2n) is 3.28. The summed E-state index contributed by atoms with van der Waals surface area (Å²) >= 11 is 3.24. The van der Waals surface area contributed by atoms with Crippen LogP contribution in [0.15, 0.2) is 22.9 Å². The van der Waals surface area contributed by atoms with Crippen molar-refractivity contribution in [2.75, 3.05) is 6.61 Å². The third-order valence-electron chi connectivity index (χ3n) is 2.13. The molecule has 0 bridgehead atoms. The van der Waals surface area contributed by atoms with Crippen LogP contribution in [0.1, 0.15) is 6.42 Å². The van der Waals surface area contributed by atoms with E-state index in [0.29, 0.717) is 5.75 Å². The quantitative estimate of drug-likeness (QED) is 0.837. The van der Waals surface area contributed by atoms with Crippen LogP contribution >= 0.6 is 15.9 Å². The van der Waals surface area contributed by atoms with E-state index in [2.05, 4.69) is 20.9 Å². The number of halogens is 3. The Hall–Kier alpha value is -0.710. The van der Waals surface area contributed by atoms with Crippen LogP contribution in [0, 0.1) is 5.92 Å². The molecule has 14 heavy (non-hydrogen) atoms. The van der Waals surface area contributed by atoms with Gasteiger partial charge in [0.1, 0.15) is 0 Å². The zero-order valence-electron chi connectivity index (χ0n) is 7.21. The third-order valence-corrected chi connectivity index (χ3v) is 2.78. The van der Waals surface area contributed by atoms with Crippen LogP contribution < -0.4 is 4.74 Å². The molecule has 76 valence electrons. The van der Waals surface area contributed by atoms with Crippen LogP contribution in [0.2, 0.25) is 0 Å². The topological polar surface area (TPSA) is 22.1 Å². The summed E-state index contributed by atoms with van der Waals surface area (Å²) in [6.45, 7) is 0.0529. The molecule has 2 rings (SSSR count). The molecule has 0 saturated heterocycles. The normalized spacial score (nSPS) is 23.2. The fourth-order valence-corrected chi connectivity index (χ4v) is 1.45. The first kappa shape index (κ1) is 9.83. The standard InChI is InChI=1S/C9H8BrF2NO/c10-7-1-2-13-4-8(7)14-5-6-3-9(6,11)12/h1-2,4,6H,3,5H2. The van der Waals surface area contributed by atoms with E-state index < -0.39 is 11.8 Å². The van der Waals surface area contributed by atoms with Gasteiger partial charge in [-0.25, -0.2) is 8.78 Å². The fourth-order valence-electron chi connectivity index (χ4n) is 1.11. The van der Waals surface area contributed by atoms with Gasteiger partial charge in [0.05, 0.1) is 23.2 Å². The van der Waals surface area contributed by atoms with Crippen molar-refractivity contribution in [3.63, 3.8) is 0 Å². The molecule has 1 heterocycles. The van der Waals surface area contributed by atoms with E-state index >= 15 is 0 Å². The molecule has 0 amide bonds. The van der Waals surface area contributed by atoms with E-state index in [1.165, 1.54) is 6.20 Å². The van der Waals surface area contributed by atoms with E-state index in [1.54, 1.807) is 12.3 Å². The molecule has 1 saturated carbocycles. The van der Waals surface area contributed by atoms with Gasteiger partial charge in [-0.3, -0.25) is 4.98 Å². The molecule has 1 atom stereocenters. The second kappa shape index (κ2) is 3.46. The van der Waals surface area contributed by atoms with Crippen molar-refractivity contribution in [3.05, 3.63) is 22.9 Å². The first-order chi connectivity index (χ1) is 6.59. The van der Waals surface area contributed by atoms with E-state index in [4.69, 9.17) is 4.74 Å². The number of ether oxygens (including phenoxy) is 1. The molecule has 0 aliphatic heterocycles. The molecule has 0 radical (unpaired) electrons. The van der Waals surface area contributed by atoms with Crippen LogP contribution in [0.25, 0.3) is 0 Å². The summed E-state index contributed by atoms with van der Waals surface area (Å²) in [5, 5.41) is 0.